The number of methoxy groups -OCH3 is 1. The molecule has 0 bridgehead atoms. The van der Waals surface area contributed by atoms with Crippen LogP contribution in [0.4, 0.5) is 4.39 Å². The molecule has 1 aromatic rings. The van der Waals surface area contributed by atoms with Crippen molar-refractivity contribution in [3.05, 3.63) is 28.8 Å². The van der Waals surface area contributed by atoms with Crippen LogP contribution in [0.25, 0.3) is 0 Å². The summed E-state index contributed by atoms with van der Waals surface area (Å²) in [7, 11) is 1.23. The SMILES string of the molecule is CCCN(CC(=O)OC)C(=O)c1cc(F)cnc1Cl. The number of rotatable bonds is 5. The van der Waals surface area contributed by atoms with Gasteiger partial charge in [0.05, 0.1) is 18.9 Å². The highest BCUT2D eigenvalue weighted by Crippen LogP contribution is 2.16. The van der Waals surface area contributed by atoms with Gasteiger partial charge in [-0.05, 0) is 12.5 Å². The van der Waals surface area contributed by atoms with E-state index in [4.69, 9.17) is 11.6 Å². The largest absolute Gasteiger partial charge is 0.468 e. The van der Waals surface area contributed by atoms with Crippen molar-refractivity contribution in [3.8, 4) is 0 Å². The third-order valence-electron chi connectivity index (χ3n) is 2.36. The average molecular weight is 289 g/mol. The Hall–Kier alpha value is -1.69. The average Bonchev–Trinajstić information content (AvgIpc) is 2.40. The van der Waals surface area contributed by atoms with Crippen LogP contribution in [-0.4, -0.2) is 42.0 Å². The van der Waals surface area contributed by atoms with Gasteiger partial charge in [-0.15, -0.1) is 0 Å². The molecule has 5 nitrogen and oxygen atoms in total. The summed E-state index contributed by atoms with van der Waals surface area (Å²) >= 11 is 5.76. The lowest BCUT2D eigenvalue weighted by Crippen LogP contribution is -2.37. The number of amides is 1. The normalized spacial score (nSPS) is 10.1. The second-order valence-electron chi connectivity index (χ2n) is 3.79. The van der Waals surface area contributed by atoms with Crippen molar-refractivity contribution < 1.29 is 18.7 Å². The molecule has 0 aliphatic carbocycles. The summed E-state index contributed by atoms with van der Waals surface area (Å²) in [5.74, 6) is -1.77. The zero-order valence-corrected chi connectivity index (χ0v) is 11.4. The molecule has 0 fully saturated rings. The predicted octanol–water partition coefficient (Wildman–Crippen LogP) is 1.90. The fourth-order valence-electron chi connectivity index (χ4n) is 1.49. The third-order valence-corrected chi connectivity index (χ3v) is 2.67. The third kappa shape index (κ3) is 4.17. The van der Waals surface area contributed by atoms with Gasteiger partial charge in [-0.25, -0.2) is 9.37 Å². The van der Waals surface area contributed by atoms with Gasteiger partial charge in [0.15, 0.2) is 0 Å². The molecule has 0 aliphatic heterocycles. The molecule has 0 atom stereocenters. The Morgan fingerprint density at radius 3 is 2.79 bits per heavy atom. The number of halogens is 2. The van der Waals surface area contributed by atoms with Crippen LogP contribution in [0, 0.1) is 5.82 Å². The summed E-state index contributed by atoms with van der Waals surface area (Å²) < 4.78 is 17.6. The monoisotopic (exact) mass is 288 g/mol. The van der Waals surface area contributed by atoms with Gasteiger partial charge in [0.25, 0.3) is 5.91 Å². The van der Waals surface area contributed by atoms with Crippen LogP contribution >= 0.6 is 11.6 Å². The number of esters is 1. The molecule has 0 unspecified atom stereocenters. The number of nitrogens with zero attached hydrogens (tertiary/aromatic N) is 2. The van der Waals surface area contributed by atoms with Crippen LogP contribution in [0.1, 0.15) is 23.7 Å². The van der Waals surface area contributed by atoms with Crippen molar-refractivity contribution in [2.75, 3.05) is 20.2 Å². The summed E-state index contributed by atoms with van der Waals surface area (Å²) in [6.45, 7) is 1.97. The lowest BCUT2D eigenvalue weighted by atomic mass is 10.2. The maximum absolute atomic E-state index is 13.1. The maximum atomic E-state index is 13.1. The van der Waals surface area contributed by atoms with E-state index in [-0.39, 0.29) is 17.3 Å². The predicted molar refractivity (Wildman–Crippen MR) is 67.4 cm³/mol. The summed E-state index contributed by atoms with van der Waals surface area (Å²) in [4.78, 5) is 28.2. The van der Waals surface area contributed by atoms with Gasteiger partial charge in [-0.3, -0.25) is 9.59 Å². The number of pyridine rings is 1. The molecule has 0 saturated heterocycles. The number of aromatic nitrogens is 1. The van der Waals surface area contributed by atoms with E-state index in [1.807, 2.05) is 6.92 Å². The molecule has 7 heteroatoms. The molecule has 0 aromatic carbocycles. The summed E-state index contributed by atoms with van der Waals surface area (Å²) in [5.41, 5.74) is -0.0704. The summed E-state index contributed by atoms with van der Waals surface area (Å²) in [6.07, 6.45) is 1.56. The Balaban J connectivity index is 2.98. The van der Waals surface area contributed by atoms with Crippen LogP contribution < -0.4 is 0 Å². The van der Waals surface area contributed by atoms with Gasteiger partial charge in [-0.1, -0.05) is 18.5 Å². The fourth-order valence-corrected chi connectivity index (χ4v) is 1.67. The summed E-state index contributed by atoms with van der Waals surface area (Å²) in [6, 6.07) is 0.998. The van der Waals surface area contributed by atoms with Gasteiger partial charge in [0.1, 0.15) is 17.5 Å². The van der Waals surface area contributed by atoms with Gasteiger partial charge < -0.3 is 9.64 Å². The van der Waals surface area contributed by atoms with Gasteiger partial charge >= 0.3 is 5.97 Å². The van der Waals surface area contributed by atoms with Gasteiger partial charge in [0, 0.05) is 6.54 Å². The number of hydrogen-bond donors (Lipinski definition) is 0. The van der Waals surface area contributed by atoms with Crippen LogP contribution in [0.15, 0.2) is 12.3 Å². The number of carbonyl (C=O) groups excluding carboxylic acids is 2. The van der Waals surface area contributed by atoms with Crippen molar-refractivity contribution in [1.29, 1.82) is 0 Å². The molecule has 0 aliphatic rings. The van der Waals surface area contributed by atoms with Crippen molar-refractivity contribution in [2.24, 2.45) is 0 Å². The van der Waals surface area contributed by atoms with Crippen molar-refractivity contribution in [1.82, 2.24) is 9.88 Å². The molecule has 1 heterocycles. The number of ether oxygens (including phenoxy) is 1. The topological polar surface area (TPSA) is 59.5 Å². The molecule has 0 spiro atoms. The first-order valence-electron chi connectivity index (χ1n) is 5.66. The van der Waals surface area contributed by atoms with Crippen LogP contribution in [0.2, 0.25) is 5.15 Å². The molecule has 0 N–H and O–H groups in total. The molecular formula is C12H14ClFN2O3. The Morgan fingerprint density at radius 2 is 2.21 bits per heavy atom. The molecule has 1 rings (SSSR count). The first-order valence-corrected chi connectivity index (χ1v) is 6.04. The first kappa shape index (κ1) is 15.4. The molecule has 19 heavy (non-hydrogen) atoms. The van der Waals surface area contributed by atoms with Crippen molar-refractivity contribution >= 4 is 23.5 Å². The highest BCUT2D eigenvalue weighted by atomic mass is 35.5. The molecule has 0 saturated carbocycles. The Kier molecular flexibility index (Phi) is 5.69. The quantitative estimate of drug-likeness (QED) is 0.613. The molecule has 104 valence electrons. The van der Waals surface area contributed by atoms with E-state index in [9.17, 15) is 14.0 Å². The van der Waals surface area contributed by atoms with E-state index >= 15 is 0 Å². The Morgan fingerprint density at radius 1 is 1.53 bits per heavy atom. The second-order valence-corrected chi connectivity index (χ2v) is 4.15. The van der Waals surface area contributed by atoms with Crippen molar-refractivity contribution in [3.63, 3.8) is 0 Å². The van der Waals surface area contributed by atoms with Crippen molar-refractivity contribution in [2.45, 2.75) is 13.3 Å². The second kappa shape index (κ2) is 7.04. The zero-order chi connectivity index (χ0) is 14.4. The highest BCUT2D eigenvalue weighted by Gasteiger charge is 2.21. The zero-order valence-electron chi connectivity index (χ0n) is 10.7. The minimum atomic E-state index is -0.665. The summed E-state index contributed by atoms with van der Waals surface area (Å²) in [5, 5.41) is -0.0997. The van der Waals surface area contributed by atoms with E-state index in [1.165, 1.54) is 12.0 Å². The molecule has 1 aromatic heterocycles. The highest BCUT2D eigenvalue weighted by molar-refractivity contribution is 6.32. The van der Waals surface area contributed by atoms with E-state index in [0.717, 1.165) is 12.3 Å². The maximum Gasteiger partial charge on any atom is 0.325 e. The van der Waals surface area contributed by atoms with Gasteiger partial charge in [0.2, 0.25) is 0 Å². The van der Waals surface area contributed by atoms with E-state index < -0.39 is 17.7 Å². The smallest absolute Gasteiger partial charge is 0.325 e. The standard InChI is InChI=1S/C12H14ClFN2O3/c1-3-4-16(7-10(17)19-2)12(18)9-5-8(14)6-15-11(9)13/h5-6H,3-4,7H2,1-2H3. The van der Waals surface area contributed by atoms with E-state index in [0.29, 0.717) is 13.0 Å². The first-order chi connectivity index (χ1) is 8.99. The number of hydrogen-bond acceptors (Lipinski definition) is 4. The van der Waals surface area contributed by atoms with Crippen LogP contribution in [0.3, 0.4) is 0 Å². The van der Waals surface area contributed by atoms with Gasteiger partial charge in [-0.2, -0.15) is 0 Å². The molecule has 1 amide bonds. The Labute approximate surface area is 115 Å². The lowest BCUT2D eigenvalue weighted by molar-refractivity contribution is -0.141. The lowest BCUT2D eigenvalue weighted by Gasteiger charge is -2.21. The minimum Gasteiger partial charge on any atom is -0.468 e. The Bertz CT molecular complexity index is 482. The minimum absolute atomic E-state index is 0.0704. The van der Waals surface area contributed by atoms with E-state index in [2.05, 4.69) is 9.72 Å². The van der Waals surface area contributed by atoms with Crippen LogP contribution in [0.5, 0.6) is 0 Å². The van der Waals surface area contributed by atoms with E-state index in [1.54, 1.807) is 0 Å². The van der Waals surface area contributed by atoms with Crippen LogP contribution in [-0.2, 0) is 9.53 Å². The molecule has 0 radical (unpaired) electrons. The molecular weight excluding hydrogens is 275 g/mol. The fraction of sp³-hybridized carbons (Fsp3) is 0.417. The number of carbonyl (C=O) groups is 2.